The second-order valence-electron chi connectivity index (χ2n) is 1.89. The van der Waals surface area contributed by atoms with Gasteiger partial charge in [0.15, 0.2) is 0 Å². The third-order valence-corrected chi connectivity index (χ3v) is 1.06. The van der Waals surface area contributed by atoms with Gasteiger partial charge in [-0.05, 0) is 12.3 Å². The Hall–Kier alpha value is -0.530. The third kappa shape index (κ3) is 3.65. The summed E-state index contributed by atoms with van der Waals surface area (Å²) in [6.45, 7) is 3.40. The fourth-order valence-corrected chi connectivity index (χ4v) is 0.381. The van der Waals surface area contributed by atoms with E-state index in [-0.39, 0.29) is 18.7 Å². The third-order valence-electron chi connectivity index (χ3n) is 1.06. The van der Waals surface area contributed by atoms with Crippen molar-refractivity contribution < 1.29 is 11.3 Å². The Kier molecular flexibility index (Phi) is 2.43. The van der Waals surface area contributed by atoms with Gasteiger partial charge in [-0.2, -0.15) is 0 Å². The maximum atomic E-state index is 9.92. The number of aliphatic carboxylic acids is 1. The second kappa shape index (κ2) is 3.47. The summed E-state index contributed by atoms with van der Waals surface area (Å²) in [6.07, 6.45) is -0.326. The molecule has 0 aliphatic carbocycles. The van der Waals surface area contributed by atoms with Crippen LogP contribution in [0.25, 0.3) is 0 Å². The molecule has 0 N–H and O–H groups in total. The average molecular weight is 116 g/mol. The molecule has 2 heteroatoms. The van der Waals surface area contributed by atoms with E-state index >= 15 is 0 Å². The normalized spacial score (nSPS) is 19.0. The van der Waals surface area contributed by atoms with Gasteiger partial charge in [-0.25, -0.2) is 0 Å². The van der Waals surface area contributed by atoms with Crippen LogP contribution < -0.4 is 5.11 Å². The Balaban J connectivity index is 3.50. The summed E-state index contributed by atoms with van der Waals surface area (Å²) < 4.78 is 7.09. The summed E-state index contributed by atoms with van der Waals surface area (Å²) in [5, 5.41) is 9.92. The molecular formula is C6H11O2-. The molecule has 0 saturated carbocycles. The molecule has 0 fully saturated rings. The Morgan fingerprint density at radius 3 is 2.62 bits per heavy atom. The number of carboxylic acid groups (broad SMARTS) is 1. The number of carboxylic acids is 1. The molecule has 48 valence electrons. The van der Waals surface area contributed by atoms with Crippen LogP contribution in [0.4, 0.5) is 0 Å². The van der Waals surface area contributed by atoms with Gasteiger partial charge in [0.05, 0.1) is 0 Å². The first-order chi connectivity index (χ1) is 4.04. The topological polar surface area (TPSA) is 40.1 Å². The Bertz CT molecular complexity index is 101. The predicted octanol–water partition coefficient (Wildman–Crippen LogP) is 0.172. The van der Waals surface area contributed by atoms with Gasteiger partial charge < -0.3 is 9.90 Å². The van der Waals surface area contributed by atoms with Crippen LogP contribution in [0.15, 0.2) is 0 Å². The van der Waals surface area contributed by atoms with E-state index in [1.165, 1.54) is 0 Å². The maximum absolute atomic E-state index is 9.92. The van der Waals surface area contributed by atoms with Crippen molar-refractivity contribution in [2.75, 3.05) is 0 Å². The lowest BCUT2D eigenvalue weighted by Gasteiger charge is -2.06. The first-order valence-electron chi connectivity index (χ1n) is 3.24. The van der Waals surface area contributed by atoms with Crippen molar-refractivity contribution in [3.05, 3.63) is 0 Å². The van der Waals surface area contributed by atoms with Gasteiger partial charge >= 0.3 is 0 Å². The first kappa shape index (κ1) is 5.60. The maximum Gasteiger partial charge on any atom is 0.0416 e. The minimum Gasteiger partial charge on any atom is -0.550 e. The molecular weight excluding hydrogens is 104 g/mol. The molecule has 0 aromatic heterocycles. The first-order valence-corrected chi connectivity index (χ1v) is 2.66. The predicted molar refractivity (Wildman–Crippen MR) is 29.1 cm³/mol. The van der Waals surface area contributed by atoms with Gasteiger partial charge in [-0.3, -0.25) is 0 Å². The number of hydrogen-bond donors (Lipinski definition) is 0. The molecule has 2 atom stereocenters. The van der Waals surface area contributed by atoms with Crippen molar-refractivity contribution in [1.29, 1.82) is 0 Å². The van der Waals surface area contributed by atoms with Crippen LogP contribution in [0.3, 0.4) is 0 Å². The van der Waals surface area contributed by atoms with Crippen LogP contribution in [-0.2, 0) is 4.79 Å². The highest BCUT2D eigenvalue weighted by atomic mass is 16.4. The lowest BCUT2D eigenvalue weighted by atomic mass is 10.1. The number of rotatable bonds is 3. The molecule has 0 spiro atoms. The molecule has 1 unspecified atom stereocenters. The van der Waals surface area contributed by atoms with Gasteiger partial charge in [0.2, 0.25) is 0 Å². The zero-order chi connectivity index (χ0) is 7.44. The van der Waals surface area contributed by atoms with Gasteiger partial charge in [0.1, 0.15) is 0 Å². The summed E-state index contributed by atoms with van der Waals surface area (Å²) >= 11 is 0. The van der Waals surface area contributed by atoms with Gasteiger partial charge in [0.25, 0.3) is 0 Å². The lowest BCUT2D eigenvalue weighted by Crippen LogP contribution is -2.24. The van der Waals surface area contributed by atoms with E-state index in [0.29, 0.717) is 0 Å². The highest BCUT2D eigenvalue weighted by molar-refractivity contribution is 5.64. The molecule has 0 bridgehead atoms. The minimum absolute atomic E-state index is 0.00926. The highest BCUT2D eigenvalue weighted by Crippen LogP contribution is 2.03. The standard InChI is InChI=1S/C6H12O2/c1-3-5(2)4-6(7)8/h5H,3-4H2,1-2H3,(H,7,8)/p-1/t5-/m1/s1/i3D/t3?,5-. The quantitative estimate of drug-likeness (QED) is 0.527. The van der Waals surface area contributed by atoms with Crippen molar-refractivity contribution in [2.45, 2.75) is 26.7 Å². The molecule has 0 saturated heterocycles. The van der Waals surface area contributed by atoms with E-state index < -0.39 is 5.97 Å². The average Bonchev–Trinajstić information content (AvgIpc) is 1.63. The van der Waals surface area contributed by atoms with E-state index in [0.717, 1.165) is 0 Å². The van der Waals surface area contributed by atoms with Crippen molar-refractivity contribution >= 4 is 5.97 Å². The SMILES string of the molecule is [2H]C(C)[C@@H](C)CC(=O)[O-]. The Morgan fingerprint density at radius 1 is 2.00 bits per heavy atom. The molecule has 0 aliphatic rings. The molecule has 0 heterocycles. The van der Waals surface area contributed by atoms with Crippen LogP contribution in [0.1, 0.15) is 28.0 Å². The lowest BCUT2D eigenvalue weighted by molar-refractivity contribution is -0.306. The van der Waals surface area contributed by atoms with Crippen LogP contribution >= 0.6 is 0 Å². The molecule has 0 aromatic carbocycles. The van der Waals surface area contributed by atoms with E-state index in [9.17, 15) is 9.90 Å². The highest BCUT2D eigenvalue weighted by Gasteiger charge is 1.96. The van der Waals surface area contributed by atoms with E-state index in [2.05, 4.69) is 0 Å². The van der Waals surface area contributed by atoms with Crippen LogP contribution in [0.5, 0.6) is 0 Å². The Morgan fingerprint density at radius 2 is 2.50 bits per heavy atom. The van der Waals surface area contributed by atoms with Crippen LogP contribution in [0.2, 0.25) is 0 Å². The second-order valence-corrected chi connectivity index (χ2v) is 1.89. The summed E-state index contributed by atoms with van der Waals surface area (Å²) in [5.41, 5.74) is 0. The smallest absolute Gasteiger partial charge is 0.0416 e. The number of carbonyl (C=O) groups is 1. The molecule has 0 radical (unpaired) electrons. The van der Waals surface area contributed by atoms with E-state index in [1.54, 1.807) is 13.8 Å². The van der Waals surface area contributed by atoms with Crippen molar-refractivity contribution in [2.24, 2.45) is 5.92 Å². The molecule has 0 aliphatic heterocycles. The molecule has 0 aromatic rings. The summed E-state index contributed by atoms with van der Waals surface area (Å²) in [7, 11) is 0. The molecule has 0 amide bonds. The fraction of sp³-hybridized carbons (Fsp3) is 0.833. The zero-order valence-corrected chi connectivity index (χ0v) is 5.18. The fourth-order valence-electron chi connectivity index (χ4n) is 0.381. The van der Waals surface area contributed by atoms with Crippen LogP contribution in [0, 0.1) is 5.92 Å². The van der Waals surface area contributed by atoms with Gasteiger partial charge in [-0.15, -0.1) is 0 Å². The minimum atomic E-state index is -1.07. The van der Waals surface area contributed by atoms with Gasteiger partial charge in [-0.1, -0.05) is 20.2 Å². The summed E-state index contributed by atoms with van der Waals surface area (Å²) in [6, 6.07) is 0. The summed E-state index contributed by atoms with van der Waals surface area (Å²) in [5.74, 6) is -1.17. The zero-order valence-electron chi connectivity index (χ0n) is 6.18. The van der Waals surface area contributed by atoms with E-state index in [1.807, 2.05) is 0 Å². The summed E-state index contributed by atoms with van der Waals surface area (Å²) in [4.78, 5) is 9.92. The van der Waals surface area contributed by atoms with Crippen molar-refractivity contribution in [3.8, 4) is 0 Å². The van der Waals surface area contributed by atoms with Crippen molar-refractivity contribution in [3.63, 3.8) is 0 Å². The van der Waals surface area contributed by atoms with E-state index in [4.69, 9.17) is 1.37 Å². The van der Waals surface area contributed by atoms with Crippen molar-refractivity contribution in [1.82, 2.24) is 0 Å². The monoisotopic (exact) mass is 116 g/mol. The molecule has 0 rings (SSSR count). The Labute approximate surface area is 50.9 Å². The number of carbonyl (C=O) groups excluding carboxylic acids is 1. The molecule has 2 nitrogen and oxygen atoms in total. The largest absolute Gasteiger partial charge is 0.550 e. The number of hydrogen-bond acceptors (Lipinski definition) is 2. The van der Waals surface area contributed by atoms with Crippen LogP contribution in [-0.4, -0.2) is 5.97 Å². The molecule has 8 heavy (non-hydrogen) atoms. The van der Waals surface area contributed by atoms with Gasteiger partial charge in [0, 0.05) is 7.34 Å².